The zero-order valence-corrected chi connectivity index (χ0v) is 26.2. The van der Waals surface area contributed by atoms with Gasteiger partial charge in [-0.15, -0.1) is 0 Å². The van der Waals surface area contributed by atoms with E-state index in [2.05, 4.69) is 138 Å². The van der Waals surface area contributed by atoms with Crippen molar-refractivity contribution in [2.75, 3.05) is 18.4 Å². The van der Waals surface area contributed by atoms with Crippen molar-refractivity contribution in [2.24, 2.45) is 0 Å². The molecule has 228 valence electrons. The van der Waals surface area contributed by atoms with Crippen LogP contribution in [0.1, 0.15) is 11.1 Å². The Kier molecular flexibility index (Phi) is 6.86. The Morgan fingerprint density at radius 2 is 1.35 bits per heavy atom. The molecule has 9 rings (SSSR count). The van der Waals surface area contributed by atoms with E-state index in [0.29, 0.717) is 5.82 Å². The van der Waals surface area contributed by atoms with Crippen molar-refractivity contribution in [2.45, 2.75) is 0 Å². The summed E-state index contributed by atoms with van der Waals surface area (Å²) in [7, 11) is 0. The maximum atomic E-state index is 5.33. The van der Waals surface area contributed by atoms with Crippen molar-refractivity contribution in [1.82, 2.24) is 20.3 Å². The van der Waals surface area contributed by atoms with E-state index in [1.165, 1.54) is 5.56 Å². The van der Waals surface area contributed by atoms with E-state index < -0.39 is 0 Å². The van der Waals surface area contributed by atoms with Crippen molar-refractivity contribution in [1.29, 1.82) is 0 Å². The monoisotopic (exact) mass is 617 g/mol. The van der Waals surface area contributed by atoms with Crippen LogP contribution in [0.3, 0.4) is 0 Å². The lowest BCUT2D eigenvalue weighted by Gasteiger charge is -2.20. The van der Waals surface area contributed by atoms with Gasteiger partial charge in [-0.3, -0.25) is 4.98 Å². The van der Waals surface area contributed by atoms with E-state index in [0.717, 1.165) is 90.9 Å². The maximum absolute atomic E-state index is 5.33. The van der Waals surface area contributed by atoms with Crippen LogP contribution in [0.2, 0.25) is 0 Å². The first-order valence-corrected chi connectivity index (χ1v) is 16.3. The predicted molar refractivity (Wildman–Crippen MR) is 199 cm³/mol. The minimum atomic E-state index is 0.686. The summed E-state index contributed by atoms with van der Waals surface area (Å²) in [6.07, 6.45) is 12.6. The van der Waals surface area contributed by atoms with Gasteiger partial charge in [-0.25, -0.2) is 9.97 Å². The zero-order chi connectivity index (χ0) is 31.9. The molecule has 2 aliphatic rings. The first kappa shape index (κ1) is 27.9. The molecule has 5 nitrogen and oxygen atoms in total. The number of aromatic nitrogens is 3. The summed E-state index contributed by atoms with van der Waals surface area (Å²) < 4.78 is 0. The highest BCUT2D eigenvalue weighted by Crippen LogP contribution is 2.40. The third-order valence-corrected chi connectivity index (χ3v) is 9.09. The van der Waals surface area contributed by atoms with Gasteiger partial charge >= 0.3 is 0 Å². The first-order valence-electron chi connectivity index (χ1n) is 16.3. The predicted octanol–water partition coefficient (Wildman–Crippen LogP) is 9.78. The molecule has 2 aromatic heterocycles. The largest absolute Gasteiger partial charge is 0.381 e. The number of nitrogens with one attached hydrogen (secondary N) is 2. The number of dihydropyridines is 1. The maximum Gasteiger partial charge on any atom is 0.160 e. The van der Waals surface area contributed by atoms with E-state index in [4.69, 9.17) is 15.0 Å². The van der Waals surface area contributed by atoms with Gasteiger partial charge in [0.25, 0.3) is 0 Å². The Bertz CT molecular complexity index is 2440. The molecule has 2 aliphatic heterocycles. The Morgan fingerprint density at radius 3 is 2.19 bits per heavy atom. The molecule has 0 fully saturated rings. The molecule has 7 aromatic rings. The number of nitrogens with zero attached hydrogens (tertiary/aromatic N) is 3. The van der Waals surface area contributed by atoms with Crippen LogP contribution in [-0.2, 0) is 0 Å². The lowest BCUT2D eigenvalue weighted by atomic mass is 9.92. The minimum Gasteiger partial charge on any atom is -0.381 e. The van der Waals surface area contributed by atoms with Gasteiger partial charge in [-0.05, 0) is 76.4 Å². The van der Waals surface area contributed by atoms with Gasteiger partial charge in [-0.1, -0.05) is 97.1 Å². The fourth-order valence-corrected chi connectivity index (χ4v) is 6.78. The van der Waals surface area contributed by atoms with E-state index in [1.54, 1.807) is 0 Å². The molecule has 0 unspecified atom stereocenters. The number of fused-ring (bicyclic) bond motifs is 4. The molecule has 5 heteroatoms. The summed E-state index contributed by atoms with van der Waals surface area (Å²) in [5, 5.41) is 9.24. The van der Waals surface area contributed by atoms with Crippen molar-refractivity contribution >= 4 is 39.3 Å². The zero-order valence-electron chi connectivity index (χ0n) is 26.2. The van der Waals surface area contributed by atoms with E-state index in [1.807, 2.05) is 24.4 Å². The van der Waals surface area contributed by atoms with Gasteiger partial charge in [0.15, 0.2) is 5.82 Å². The number of anilines is 1. The molecule has 0 amide bonds. The molecule has 0 atom stereocenters. The average molecular weight is 618 g/mol. The van der Waals surface area contributed by atoms with Crippen molar-refractivity contribution in [3.63, 3.8) is 0 Å². The van der Waals surface area contributed by atoms with Gasteiger partial charge in [0.05, 0.1) is 22.4 Å². The highest BCUT2D eigenvalue weighted by molar-refractivity contribution is 6.05. The Labute approximate surface area is 279 Å². The standard InChI is InChI=1S/C43H31N5/c1-3-11-28(12-4-1)30-18-19-39-37(26-30)40(29-13-5-2-6-14-29)48-43(47-39)34-24-32(23-33(25-34)38-17-7-8-20-44-38)36-27-31-15-9-21-45-41(31)42-35(36)16-10-22-46-42/h1-19,22-27,44-45H,20-21H2. The highest BCUT2D eigenvalue weighted by atomic mass is 14.9. The summed E-state index contributed by atoms with van der Waals surface area (Å²) in [4.78, 5) is 15.4. The molecule has 0 saturated carbocycles. The molecule has 2 N–H and O–H groups in total. The number of allylic oxidation sites excluding steroid dienone is 2. The molecular weight excluding hydrogens is 587 g/mol. The third-order valence-electron chi connectivity index (χ3n) is 9.09. The van der Waals surface area contributed by atoms with E-state index in [9.17, 15) is 0 Å². The van der Waals surface area contributed by atoms with Crippen LogP contribution in [0, 0.1) is 0 Å². The smallest absolute Gasteiger partial charge is 0.160 e. The Hall–Kier alpha value is -6.33. The number of hydrogen-bond acceptors (Lipinski definition) is 5. The number of hydrogen-bond donors (Lipinski definition) is 2. The van der Waals surface area contributed by atoms with Crippen LogP contribution in [0.5, 0.6) is 0 Å². The molecule has 0 radical (unpaired) electrons. The van der Waals surface area contributed by atoms with Gasteiger partial charge < -0.3 is 10.6 Å². The second kappa shape index (κ2) is 11.8. The van der Waals surface area contributed by atoms with E-state index in [-0.39, 0.29) is 0 Å². The summed E-state index contributed by atoms with van der Waals surface area (Å²) in [6, 6.07) is 40.5. The van der Waals surface area contributed by atoms with Crippen LogP contribution < -0.4 is 10.6 Å². The number of pyridine rings is 1. The molecule has 0 aliphatic carbocycles. The normalized spacial score (nSPS) is 13.5. The van der Waals surface area contributed by atoms with Crippen LogP contribution >= 0.6 is 0 Å². The molecule has 48 heavy (non-hydrogen) atoms. The fourth-order valence-electron chi connectivity index (χ4n) is 6.78. The lowest BCUT2D eigenvalue weighted by molar-refractivity contribution is 0.995. The van der Waals surface area contributed by atoms with Crippen molar-refractivity contribution < 1.29 is 0 Å². The lowest BCUT2D eigenvalue weighted by Crippen LogP contribution is -2.14. The van der Waals surface area contributed by atoms with Crippen LogP contribution in [-0.4, -0.2) is 28.0 Å². The molecule has 4 heterocycles. The van der Waals surface area contributed by atoms with Gasteiger partial charge in [0.1, 0.15) is 0 Å². The van der Waals surface area contributed by atoms with Crippen LogP contribution in [0.15, 0.2) is 146 Å². The van der Waals surface area contributed by atoms with Crippen LogP contribution in [0.25, 0.3) is 78.5 Å². The topological polar surface area (TPSA) is 62.7 Å². The summed E-state index contributed by atoms with van der Waals surface area (Å²) in [5.41, 5.74) is 13.7. The van der Waals surface area contributed by atoms with Gasteiger partial charge in [0, 0.05) is 52.4 Å². The third kappa shape index (κ3) is 5.02. The fraction of sp³-hybridized carbons (Fsp3) is 0.0465. The SMILES string of the molecule is C1=CCNC(c2cc(-c3nc(-c4ccccc4)c4cc(-c5ccccc5)ccc4n3)cc(-c3cc4c(c5ncccc35)NCC=C4)c2)=C1. The Morgan fingerprint density at radius 1 is 0.562 bits per heavy atom. The second-order valence-corrected chi connectivity index (χ2v) is 12.1. The number of rotatable bonds is 5. The highest BCUT2D eigenvalue weighted by Gasteiger charge is 2.19. The van der Waals surface area contributed by atoms with Crippen LogP contribution in [0.4, 0.5) is 5.69 Å². The summed E-state index contributed by atoms with van der Waals surface area (Å²) in [5.74, 6) is 0.686. The van der Waals surface area contributed by atoms with Gasteiger partial charge in [0.2, 0.25) is 0 Å². The van der Waals surface area contributed by atoms with Crippen molar-refractivity contribution in [3.8, 4) is 44.9 Å². The summed E-state index contributed by atoms with van der Waals surface area (Å²) >= 11 is 0. The second-order valence-electron chi connectivity index (χ2n) is 12.1. The van der Waals surface area contributed by atoms with Crippen molar-refractivity contribution in [3.05, 3.63) is 157 Å². The van der Waals surface area contributed by atoms with E-state index >= 15 is 0 Å². The van der Waals surface area contributed by atoms with Gasteiger partial charge in [-0.2, -0.15) is 0 Å². The number of benzene rings is 5. The first-order chi connectivity index (χ1) is 23.8. The summed E-state index contributed by atoms with van der Waals surface area (Å²) in [6.45, 7) is 1.57. The molecule has 5 aromatic carbocycles. The molecular formula is C43H31N5. The Balaban J connectivity index is 1.29. The molecule has 0 saturated heterocycles. The quantitative estimate of drug-likeness (QED) is 0.201. The molecule has 0 spiro atoms. The molecule has 0 bridgehead atoms. The minimum absolute atomic E-state index is 0.686. The average Bonchev–Trinajstić information content (AvgIpc) is 3.18.